The summed E-state index contributed by atoms with van der Waals surface area (Å²) in [5.41, 5.74) is 1.62. The fraction of sp³-hybridized carbons (Fsp3) is 0.286. The van der Waals surface area contributed by atoms with Crippen LogP contribution in [0, 0.1) is 11.3 Å². The van der Waals surface area contributed by atoms with Gasteiger partial charge < -0.3 is 9.47 Å². The highest BCUT2D eigenvalue weighted by atomic mass is 35.5. The molecule has 0 aliphatic heterocycles. The van der Waals surface area contributed by atoms with Gasteiger partial charge in [-0.25, -0.2) is 4.68 Å². The van der Waals surface area contributed by atoms with Crippen LogP contribution in [0.4, 0.5) is 0 Å². The predicted molar refractivity (Wildman–Crippen MR) is 75.2 cm³/mol. The average Bonchev–Trinajstić information content (AvgIpc) is 2.77. The third-order valence-corrected chi connectivity index (χ3v) is 3.04. The lowest BCUT2D eigenvalue weighted by atomic mass is 10.3. The van der Waals surface area contributed by atoms with Crippen LogP contribution in [0.5, 0.6) is 5.75 Å². The monoisotopic (exact) mass is 291 g/mol. The number of hydrogen-bond donors (Lipinski definition) is 0. The number of aromatic nitrogens is 2. The zero-order chi connectivity index (χ0) is 14.5. The van der Waals surface area contributed by atoms with Crippen LogP contribution in [-0.2, 0) is 11.3 Å². The van der Waals surface area contributed by atoms with E-state index in [-0.39, 0.29) is 11.8 Å². The smallest absolute Gasteiger partial charge is 0.151 e. The first kappa shape index (κ1) is 14.4. The molecule has 1 aromatic heterocycles. The molecule has 6 heteroatoms. The van der Waals surface area contributed by atoms with E-state index in [4.69, 9.17) is 26.3 Å². The third kappa shape index (κ3) is 2.77. The maximum Gasteiger partial charge on any atom is 0.151 e. The Balaban J connectivity index is 2.39. The standard InChI is InChI=1S/C14H14ClN3O2/c1-3-20-11-6-4-10(5-7-11)18-14(15)12(8-16)13(17-18)9-19-2/h4-7H,3,9H2,1-2H3. The number of halogens is 1. The lowest BCUT2D eigenvalue weighted by Gasteiger charge is -2.05. The van der Waals surface area contributed by atoms with Crippen molar-refractivity contribution in [2.75, 3.05) is 13.7 Å². The van der Waals surface area contributed by atoms with Crippen LogP contribution >= 0.6 is 11.6 Å². The Labute approximate surface area is 122 Å². The van der Waals surface area contributed by atoms with Crippen molar-refractivity contribution < 1.29 is 9.47 Å². The van der Waals surface area contributed by atoms with Crippen LogP contribution < -0.4 is 4.74 Å². The van der Waals surface area contributed by atoms with E-state index in [1.54, 1.807) is 7.11 Å². The van der Waals surface area contributed by atoms with Gasteiger partial charge in [-0.05, 0) is 31.2 Å². The van der Waals surface area contributed by atoms with Gasteiger partial charge in [0.15, 0.2) is 5.15 Å². The Bertz CT molecular complexity index is 629. The SMILES string of the molecule is CCOc1ccc(-n2nc(COC)c(C#N)c2Cl)cc1. The van der Waals surface area contributed by atoms with Gasteiger partial charge in [0.2, 0.25) is 0 Å². The molecular weight excluding hydrogens is 278 g/mol. The Morgan fingerprint density at radius 3 is 2.60 bits per heavy atom. The zero-order valence-electron chi connectivity index (χ0n) is 11.3. The Hall–Kier alpha value is -2.03. The van der Waals surface area contributed by atoms with E-state index in [0.717, 1.165) is 11.4 Å². The highest BCUT2D eigenvalue weighted by Crippen LogP contribution is 2.24. The highest BCUT2D eigenvalue weighted by Gasteiger charge is 2.17. The van der Waals surface area contributed by atoms with Gasteiger partial charge in [-0.2, -0.15) is 10.4 Å². The maximum absolute atomic E-state index is 9.14. The van der Waals surface area contributed by atoms with Gasteiger partial charge in [0, 0.05) is 7.11 Å². The van der Waals surface area contributed by atoms with Crippen molar-refractivity contribution in [2.24, 2.45) is 0 Å². The minimum atomic E-state index is 0.243. The molecule has 0 radical (unpaired) electrons. The molecule has 0 atom stereocenters. The summed E-state index contributed by atoms with van der Waals surface area (Å²) < 4.78 is 11.9. The van der Waals surface area contributed by atoms with Gasteiger partial charge >= 0.3 is 0 Å². The number of ether oxygens (including phenoxy) is 2. The molecule has 0 bridgehead atoms. The summed E-state index contributed by atoms with van der Waals surface area (Å²) in [5.74, 6) is 0.775. The number of nitrogens with zero attached hydrogens (tertiary/aromatic N) is 3. The van der Waals surface area contributed by atoms with E-state index in [2.05, 4.69) is 11.2 Å². The van der Waals surface area contributed by atoms with Gasteiger partial charge in [-0.1, -0.05) is 11.6 Å². The van der Waals surface area contributed by atoms with Crippen molar-refractivity contribution in [3.8, 4) is 17.5 Å². The number of rotatable bonds is 5. The fourth-order valence-electron chi connectivity index (χ4n) is 1.81. The molecule has 2 rings (SSSR count). The van der Waals surface area contributed by atoms with E-state index in [1.165, 1.54) is 4.68 Å². The molecule has 0 aliphatic rings. The van der Waals surface area contributed by atoms with Crippen molar-refractivity contribution in [3.63, 3.8) is 0 Å². The second-order valence-electron chi connectivity index (χ2n) is 4.00. The molecule has 1 heterocycles. The number of hydrogen-bond acceptors (Lipinski definition) is 4. The van der Waals surface area contributed by atoms with Gasteiger partial charge in [0.25, 0.3) is 0 Å². The van der Waals surface area contributed by atoms with Gasteiger partial charge in [0.1, 0.15) is 23.1 Å². The van der Waals surface area contributed by atoms with Crippen LogP contribution in [0.1, 0.15) is 18.2 Å². The first-order chi connectivity index (χ1) is 9.71. The third-order valence-electron chi connectivity index (χ3n) is 2.69. The van der Waals surface area contributed by atoms with Crippen LogP contribution in [0.25, 0.3) is 5.69 Å². The summed E-state index contributed by atoms with van der Waals surface area (Å²) in [6, 6.07) is 9.38. The second kappa shape index (κ2) is 6.42. The minimum Gasteiger partial charge on any atom is -0.494 e. The van der Waals surface area contributed by atoms with Gasteiger partial charge in [-0.15, -0.1) is 0 Å². The van der Waals surface area contributed by atoms with Crippen LogP contribution in [0.15, 0.2) is 24.3 Å². The highest BCUT2D eigenvalue weighted by molar-refractivity contribution is 6.31. The molecule has 0 spiro atoms. The van der Waals surface area contributed by atoms with E-state index < -0.39 is 0 Å². The summed E-state index contributed by atoms with van der Waals surface area (Å²) >= 11 is 6.19. The molecule has 0 saturated carbocycles. The second-order valence-corrected chi connectivity index (χ2v) is 4.35. The van der Waals surface area contributed by atoms with Crippen LogP contribution in [-0.4, -0.2) is 23.5 Å². The quantitative estimate of drug-likeness (QED) is 0.850. The molecule has 1 aromatic carbocycles. The van der Waals surface area contributed by atoms with Crippen LogP contribution in [0.2, 0.25) is 5.15 Å². The topological polar surface area (TPSA) is 60.1 Å². The molecule has 104 valence electrons. The summed E-state index contributed by atoms with van der Waals surface area (Å²) in [5, 5.41) is 13.7. The van der Waals surface area contributed by atoms with Crippen molar-refractivity contribution in [1.82, 2.24) is 9.78 Å². The predicted octanol–water partition coefficient (Wildman–Crippen LogP) is 2.94. The lowest BCUT2D eigenvalue weighted by molar-refractivity contribution is 0.181. The van der Waals surface area contributed by atoms with E-state index >= 15 is 0 Å². The fourth-order valence-corrected chi connectivity index (χ4v) is 2.10. The van der Waals surface area contributed by atoms with Crippen molar-refractivity contribution >= 4 is 11.6 Å². The maximum atomic E-state index is 9.14. The molecule has 0 amide bonds. The molecule has 0 saturated heterocycles. The van der Waals surface area contributed by atoms with Gasteiger partial charge in [0.05, 0.1) is 18.9 Å². The van der Waals surface area contributed by atoms with E-state index in [9.17, 15) is 0 Å². The zero-order valence-corrected chi connectivity index (χ0v) is 12.0. The van der Waals surface area contributed by atoms with E-state index in [0.29, 0.717) is 17.9 Å². The summed E-state index contributed by atoms with van der Waals surface area (Å²) in [7, 11) is 1.55. The normalized spacial score (nSPS) is 10.3. The Kier molecular flexibility index (Phi) is 4.61. The molecule has 0 N–H and O–H groups in total. The van der Waals surface area contributed by atoms with E-state index in [1.807, 2.05) is 31.2 Å². The lowest BCUT2D eigenvalue weighted by Crippen LogP contribution is -1.98. The molecule has 0 aliphatic carbocycles. The largest absolute Gasteiger partial charge is 0.494 e. The molecule has 0 fully saturated rings. The summed E-state index contributed by atoms with van der Waals surface area (Å²) in [6.07, 6.45) is 0. The molecular formula is C14H14ClN3O2. The number of nitriles is 1. The Morgan fingerprint density at radius 2 is 2.05 bits per heavy atom. The first-order valence-electron chi connectivity index (χ1n) is 6.11. The first-order valence-corrected chi connectivity index (χ1v) is 6.48. The summed E-state index contributed by atoms with van der Waals surface area (Å²) in [4.78, 5) is 0. The minimum absolute atomic E-state index is 0.243. The number of methoxy groups -OCH3 is 1. The number of benzene rings is 1. The average molecular weight is 292 g/mol. The molecule has 5 nitrogen and oxygen atoms in total. The van der Waals surface area contributed by atoms with Crippen molar-refractivity contribution in [2.45, 2.75) is 13.5 Å². The van der Waals surface area contributed by atoms with Crippen LogP contribution in [0.3, 0.4) is 0 Å². The van der Waals surface area contributed by atoms with Crippen molar-refractivity contribution in [3.05, 3.63) is 40.7 Å². The molecule has 0 unspecified atom stereocenters. The van der Waals surface area contributed by atoms with Crippen molar-refractivity contribution in [1.29, 1.82) is 5.26 Å². The molecule has 2 aromatic rings. The Morgan fingerprint density at radius 1 is 1.35 bits per heavy atom. The van der Waals surface area contributed by atoms with Gasteiger partial charge in [-0.3, -0.25) is 0 Å². The summed E-state index contributed by atoms with van der Waals surface area (Å²) in [6.45, 7) is 2.78. The molecule has 20 heavy (non-hydrogen) atoms.